The highest BCUT2D eigenvalue weighted by molar-refractivity contribution is 5.85. The number of rotatable bonds is 0. The van der Waals surface area contributed by atoms with E-state index in [1.165, 1.54) is 0 Å². The van der Waals surface area contributed by atoms with Gasteiger partial charge in [-0.3, -0.25) is 0 Å². The summed E-state index contributed by atoms with van der Waals surface area (Å²) in [5.41, 5.74) is -0.387. The molecule has 6 heteroatoms. The second kappa shape index (κ2) is 7.14. The van der Waals surface area contributed by atoms with Crippen LogP contribution in [0.2, 0.25) is 0 Å². The van der Waals surface area contributed by atoms with Crippen LogP contribution in [0.1, 0.15) is 20.8 Å². The number of amides is 1. The average Bonchev–Trinajstić information content (AvgIpc) is 2.03. The van der Waals surface area contributed by atoms with E-state index in [0.29, 0.717) is 0 Å². The summed E-state index contributed by atoms with van der Waals surface area (Å²) in [6.07, 6.45) is -0.200. The van der Waals surface area contributed by atoms with Gasteiger partial charge in [-0.2, -0.15) is 0 Å². The van der Waals surface area contributed by atoms with Gasteiger partial charge in [0.25, 0.3) is 0 Å². The van der Waals surface area contributed by atoms with Gasteiger partial charge in [-0.05, 0) is 20.8 Å². The number of hydrogen-bond donors (Lipinski definition) is 1. The zero-order chi connectivity index (χ0) is 9.90. The van der Waals surface area contributed by atoms with E-state index in [9.17, 15) is 4.79 Å². The van der Waals surface area contributed by atoms with Crippen molar-refractivity contribution in [3.8, 4) is 0 Å². The summed E-state index contributed by atoms with van der Waals surface area (Å²) in [5, 5.41) is 3.18. The first-order valence-electron chi connectivity index (χ1n) is 4.68. The highest BCUT2D eigenvalue weighted by Gasteiger charge is 2.22. The first-order chi connectivity index (χ1) is 5.99. The monoisotopic (exact) mass is 258 g/mol. The average molecular weight is 259 g/mol. The molecule has 0 aliphatic carbocycles. The van der Waals surface area contributed by atoms with E-state index >= 15 is 0 Å². The van der Waals surface area contributed by atoms with Gasteiger partial charge >= 0.3 is 6.09 Å². The lowest BCUT2D eigenvalue weighted by atomic mass is 10.2. The lowest BCUT2D eigenvalue weighted by Gasteiger charge is -2.30. The molecule has 0 aromatic rings. The molecule has 1 N–H and O–H groups in total. The zero-order valence-electron chi connectivity index (χ0n) is 9.41. The maximum absolute atomic E-state index is 11.5. The zero-order valence-corrected chi connectivity index (χ0v) is 11.0. The molecule has 0 unspecified atom stereocenters. The Kier molecular flexibility index (Phi) is 8.20. The Bertz CT molecular complexity index is 189. The standard InChI is InChI=1S/C9H18N2O2.2ClH/c1-9(2,3)13-8(12)11-6-4-10-5-7-11;;/h10H,4-7H2,1-3H3;2*1H. The van der Waals surface area contributed by atoms with E-state index in [-0.39, 0.29) is 36.5 Å². The fourth-order valence-corrected chi connectivity index (χ4v) is 1.17. The number of carbonyl (C=O) groups is 1. The van der Waals surface area contributed by atoms with Gasteiger partial charge in [0.05, 0.1) is 0 Å². The van der Waals surface area contributed by atoms with Crippen molar-refractivity contribution in [2.45, 2.75) is 26.4 Å². The maximum atomic E-state index is 11.5. The predicted octanol–water partition coefficient (Wildman–Crippen LogP) is 1.67. The first-order valence-corrected chi connectivity index (χ1v) is 4.68. The van der Waals surface area contributed by atoms with Crippen LogP contribution in [0.3, 0.4) is 0 Å². The third-order valence-electron chi connectivity index (χ3n) is 1.77. The van der Waals surface area contributed by atoms with Gasteiger partial charge in [0.2, 0.25) is 0 Å². The van der Waals surface area contributed by atoms with E-state index in [2.05, 4.69) is 5.32 Å². The molecule has 0 saturated carbocycles. The molecule has 0 atom stereocenters. The molecule has 0 aromatic carbocycles. The number of nitrogens with zero attached hydrogens (tertiary/aromatic N) is 1. The fraction of sp³-hybridized carbons (Fsp3) is 0.889. The molecule has 1 aliphatic rings. The van der Waals surface area contributed by atoms with Gasteiger partial charge in [-0.25, -0.2) is 4.79 Å². The number of halogens is 2. The van der Waals surface area contributed by atoms with Gasteiger partial charge in [0.1, 0.15) is 5.60 Å². The van der Waals surface area contributed by atoms with E-state index in [4.69, 9.17) is 4.74 Å². The van der Waals surface area contributed by atoms with E-state index in [0.717, 1.165) is 26.2 Å². The minimum Gasteiger partial charge on any atom is -0.444 e. The topological polar surface area (TPSA) is 41.6 Å². The normalized spacial score (nSPS) is 16.1. The van der Waals surface area contributed by atoms with Crippen LogP contribution in [-0.2, 0) is 4.74 Å². The Balaban J connectivity index is 0. The molecule has 1 heterocycles. The van der Waals surface area contributed by atoms with E-state index in [1.807, 2.05) is 20.8 Å². The molecular weight excluding hydrogens is 239 g/mol. The minimum atomic E-state index is -0.387. The third-order valence-corrected chi connectivity index (χ3v) is 1.77. The number of ether oxygens (including phenoxy) is 1. The third kappa shape index (κ3) is 6.82. The SMILES string of the molecule is CC(C)(C)OC(=O)N1CCNCC1.Cl.Cl. The minimum absolute atomic E-state index is 0. The van der Waals surface area contributed by atoms with Crippen molar-refractivity contribution in [2.24, 2.45) is 0 Å². The summed E-state index contributed by atoms with van der Waals surface area (Å²) in [4.78, 5) is 13.2. The Hall–Kier alpha value is -0.190. The highest BCUT2D eigenvalue weighted by Crippen LogP contribution is 2.09. The van der Waals surface area contributed by atoms with Gasteiger partial charge in [-0.1, -0.05) is 0 Å². The molecule has 1 aliphatic heterocycles. The summed E-state index contributed by atoms with van der Waals surface area (Å²) < 4.78 is 5.24. The highest BCUT2D eigenvalue weighted by atomic mass is 35.5. The molecule has 15 heavy (non-hydrogen) atoms. The van der Waals surface area contributed by atoms with Crippen LogP contribution in [0.5, 0.6) is 0 Å². The predicted molar refractivity (Wildman–Crippen MR) is 65.2 cm³/mol. The summed E-state index contributed by atoms with van der Waals surface area (Å²) in [7, 11) is 0. The molecule has 1 fully saturated rings. The van der Waals surface area contributed by atoms with Crippen LogP contribution in [0.25, 0.3) is 0 Å². The van der Waals surface area contributed by atoms with E-state index in [1.54, 1.807) is 4.90 Å². The fourth-order valence-electron chi connectivity index (χ4n) is 1.17. The number of carbonyl (C=O) groups excluding carboxylic acids is 1. The summed E-state index contributed by atoms with van der Waals surface area (Å²) in [6, 6.07) is 0. The van der Waals surface area contributed by atoms with Crippen molar-refractivity contribution >= 4 is 30.9 Å². The van der Waals surface area contributed by atoms with Crippen LogP contribution >= 0.6 is 24.8 Å². The van der Waals surface area contributed by atoms with Crippen molar-refractivity contribution in [1.82, 2.24) is 10.2 Å². The summed E-state index contributed by atoms with van der Waals surface area (Å²) in [6.45, 7) is 8.86. The molecule has 0 spiro atoms. The molecule has 0 bridgehead atoms. The summed E-state index contributed by atoms with van der Waals surface area (Å²) in [5.74, 6) is 0. The van der Waals surface area contributed by atoms with Crippen molar-refractivity contribution in [1.29, 1.82) is 0 Å². The number of piperazine rings is 1. The number of nitrogens with one attached hydrogen (secondary N) is 1. The van der Waals surface area contributed by atoms with Crippen molar-refractivity contribution in [2.75, 3.05) is 26.2 Å². The number of hydrogen-bond acceptors (Lipinski definition) is 3. The van der Waals surface area contributed by atoms with Crippen molar-refractivity contribution in [3.05, 3.63) is 0 Å². The molecule has 4 nitrogen and oxygen atoms in total. The Morgan fingerprint density at radius 1 is 1.20 bits per heavy atom. The molecule has 0 radical (unpaired) electrons. The smallest absolute Gasteiger partial charge is 0.410 e. The van der Waals surface area contributed by atoms with Gasteiger partial charge < -0.3 is 15.0 Å². The van der Waals surface area contributed by atoms with Crippen LogP contribution in [-0.4, -0.2) is 42.8 Å². The molecule has 0 aromatic heterocycles. The van der Waals surface area contributed by atoms with Gasteiger partial charge in [0, 0.05) is 26.2 Å². The van der Waals surface area contributed by atoms with Crippen LogP contribution in [0.15, 0.2) is 0 Å². The Labute approximate surface area is 104 Å². The first kappa shape index (κ1) is 17.2. The Morgan fingerprint density at radius 2 is 1.67 bits per heavy atom. The van der Waals surface area contributed by atoms with Crippen LogP contribution < -0.4 is 5.32 Å². The lowest BCUT2D eigenvalue weighted by molar-refractivity contribution is 0.0229. The Morgan fingerprint density at radius 3 is 2.07 bits per heavy atom. The van der Waals surface area contributed by atoms with Crippen LogP contribution in [0.4, 0.5) is 4.79 Å². The second-order valence-electron chi connectivity index (χ2n) is 4.22. The van der Waals surface area contributed by atoms with Crippen molar-refractivity contribution in [3.63, 3.8) is 0 Å². The molecule has 1 amide bonds. The molecule has 1 saturated heterocycles. The molecular formula is C9H20Cl2N2O2. The molecule has 1 rings (SSSR count). The second-order valence-corrected chi connectivity index (χ2v) is 4.22. The summed E-state index contributed by atoms with van der Waals surface area (Å²) >= 11 is 0. The largest absolute Gasteiger partial charge is 0.444 e. The van der Waals surface area contributed by atoms with Gasteiger partial charge in [0.15, 0.2) is 0 Å². The van der Waals surface area contributed by atoms with Crippen molar-refractivity contribution < 1.29 is 9.53 Å². The quantitative estimate of drug-likeness (QED) is 0.719. The molecule has 92 valence electrons. The van der Waals surface area contributed by atoms with Gasteiger partial charge in [-0.15, -0.1) is 24.8 Å². The van der Waals surface area contributed by atoms with Crippen LogP contribution in [0, 0.1) is 0 Å². The van der Waals surface area contributed by atoms with E-state index < -0.39 is 0 Å². The lowest BCUT2D eigenvalue weighted by Crippen LogP contribution is -2.48. The maximum Gasteiger partial charge on any atom is 0.410 e.